The van der Waals surface area contributed by atoms with Gasteiger partial charge in [0.15, 0.2) is 0 Å². The standard InChI is InChI=1S/C9H6F6/c1-8(11,12)5-2-3-7(10)6(4-5)9(13,14)15/h2-4H,1H3. The SMILES string of the molecule is CC(F)(F)c1ccc(F)c(C(F)(F)F)c1. The lowest BCUT2D eigenvalue weighted by Gasteiger charge is -2.14. The second kappa shape index (κ2) is 3.43. The molecule has 0 spiro atoms. The number of alkyl halides is 5. The normalized spacial score (nSPS) is 13.0. The molecule has 0 unspecified atom stereocenters. The maximum atomic E-state index is 12.7. The minimum Gasteiger partial charge on any atom is -0.206 e. The minimum atomic E-state index is -4.97. The predicted octanol–water partition coefficient (Wildman–Crippen LogP) is 3.96. The van der Waals surface area contributed by atoms with Gasteiger partial charge >= 0.3 is 6.18 Å². The molecule has 0 nitrogen and oxygen atoms in total. The molecule has 1 rings (SSSR count). The number of hydrogen-bond donors (Lipinski definition) is 0. The molecule has 0 aromatic heterocycles. The number of rotatable bonds is 1. The van der Waals surface area contributed by atoms with Gasteiger partial charge in [-0.1, -0.05) is 6.07 Å². The second-order valence-electron chi connectivity index (χ2n) is 3.08. The van der Waals surface area contributed by atoms with Crippen LogP contribution in [0, 0.1) is 5.82 Å². The minimum absolute atomic E-state index is 0.120. The summed E-state index contributed by atoms with van der Waals surface area (Å²) in [5, 5.41) is 0. The molecule has 6 heteroatoms. The Bertz CT molecular complexity index is 360. The van der Waals surface area contributed by atoms with Crippen LogP contribution in [0.5, 0.6) is 0 Å². The van der Waals surface area contributed by atoms with Crippen molar-refractivity contribution in [1.82, 2.24) is 0 Å². The average Bonchev–Trinajstić information content (AvgIpc) is 2.00. The molecule has 0 radical (unpaired) electrons. The van der Waals surface area contributed by atoms with E-state index in [4.69, 9.17) is 0 Å². The first kappa shape index (κ1) is 11.9. The van der Waals surface area contributed by atoms with Gasteiger partial charge in [-0.2, -0.15) is 13.2 Å². The first-order valence-corrected chi connectivity index (χ1v) is 3.87. The maximum Gasteiger partial charge on any atom is 0.419 e. The van der Waals surface area contributed by atoms with Crippen molar-refractivity contribution in [1.29, 1.82) is 0 Å². The van der Waals surface area contributed by atoms with Crippen LogP contribution >= 0.6 is 0 Å². The van der Waals surface area contributed by atoms with Crippen molar-refractivity contribution in [3.05, 3.63) is 35.1 Å². The zero-order chi connectivity index (χ0) is 11.9. The summed E-state index contributed by atoms with van der Waals surface area (Å²) in [5.41, 5.74) is -2.54. The highest BCUT2D eigenvalue weighted by molar-refractivity contribution is 5.29. The Kier molecular flexibility index (Phi) is 2.71. The molecule has 0 saturated carbocycles. The molecule has 0 heterocycles. The second-order valence-corrected chi connectivity index (χ2v) is 3.08. The summed E-state index contributed by atoms with van der Waals surface area (Å²) in [6, 6.07) is 1.13. The van der Waals surface area contributed by atoms with E-state index in [9.17, 15) is 26.3 Å². The number of halogens is 6. The van der Waals surface area contributed by atoms with Gasteiger partial charge in [0.05, 0.1) is 5.56 Å². The lowest BCUT2D eigenvalue weighted by atomic mass is 10.1. The predicted molar refractivity (Wildman–Crippen MR) is 41.0 cm³/mol. The largest absolute Gasteiger partial charge is 0.419 e. The van der Waals surface area contributed by atoms with Crippen LogP contribution in [0.4, 0.5) is 26.3 Å². The Balaban J connectivity index is 3.30. The highest BCUT2D eigenvalue weighted by Gasteiger charge is 2.36. The van der Waals surface area contributed by atoms with Crippen LogP contribution < -0.4 is 0 Å². The van der Waals surface area contributed by atoms with Crippen molar-refractivity contribution < 1.29 is 26.3 Å². The number of benzene rings is 1. The van der Waals surface area contributed by atoms with E-state index < -0.39 is 29.0 Å². The van der Waals surface area contributed by atoms with E-state index >= 15 is 0 Å². The summed E-state index contributed by atoms with van der Waals surface area (Å²) in [6.07, 6.45) is -4.97. The third-order valence-electron chi connectivity index (χ3n) is 1.78. The van der Waals surface area contributed by atoms with Gasteiger partial charge in [-0.3, -0.25) is 0 Å². The van der Waals surface area contributed by atoms with E-state index in [0.29, 0.717) is 19.1 Å². The molecule has 0 saturated heterocycles. The van der Waals surface area contributed by atoms with Crippen LogP contribution in [-0.4, -0.2) is 0 Å². The van der Waals surface area contributed by atoms with Gasteiger partial charge in [0.1, 0.15) is 5.82 Å². The Morgan fingerprint density at radius 3 is 1.93 bits per heavy atom. The highest BCUT2D eigenvalue weighted by Crippen LogP contribution is 2.35. The molecule has 0 aliphatic rings. The Hall–Kier alpha value is -1.20. The molecule has 0 aliphatic carbocycles. The van der Waals surface area contributed by atoms with E-state index in [1.54, 1.807) is 0 Å². The summed E-state index contributed by atoms with van der Waals surface area (Å²) in [4.78, 5) is 0. The third-order valence-corrected chi connectivity index (χ3v) is 1.78. The van der Waals surface area contributed by atoms with Crippen molar-refractivity contribution in [2.24, 2.45) is 0 Å². The van der Waals surface area contributed by atoms with Crippen LogP contribution in [0.1, 0.15) is 18.1 Å². The van der Waals surface area contributed by atoms with Gasteiger partial charge in [0, 0.05) is 12.5 Å². The monoisotopic (exact) mass is 228 g/mol. The topological polar surface area (TPSA) is 0 Å². The van der Waals surface area contributed by atoms with Crippen LogP contribution in [0.15, 0.2) is 18.2 Å². The molecule has 0 bridgehead atoms. The molecule has 0 amide bonds. The molecule has 0 fully saturated rings. The van der Waals surface area contributed by atoms with Gasteiger partial charge < -0.3 is 0 Å². The van der Waals surface area contributed by atoms with Crippen molar-refractivity contribution in [3.8, 4) is 0 Å². The highest BCUT2D eigenvalue weighted by atomic mass is 19.4. The molecule has 1 aromatic rings. The van der Waals surface area contributed by atoms with E-state index in [1.807, 2.05) is 0 Å². The first-order chi connectivity index (χ1) is 6.62. The van der Waals surface area contributed by atoms with E-state index in [2.05, 4.69) is 0 Å². The maximum absolute atomic E-state index is 12.7. The van der Waals surface area contributed by atoms with Gasteiger partial charge in [-0.15, -0.1) is 0 Å². The average molecular weight is 228 g/mol. The smallest absolute Gasteiger partial charge is 0.206 e. The van der Waals surface area contributed by atoms with Crippen molar-refractivity contribution >= 4 is 0 Å². The molecule has 0 N–H and O–H groups in total. The Labute approximate surface area is 81.5 Å². The Morgan fingerprint density at radius 2 is 1.53 bits per heavy atom. The molecule has 15 heavy (non-hydrogen) atoms. The molecule has 1 aromatic carbocycles. The van der Waals surface area contributed by atoms with Crippen molar-refractivity contribution in [2.75, 3.05) is 0 Å². The summed E-state index contributed by atoms with van der Waals surface area (Å²) in [5.74, 6) is -4.98. The van der Waals surface area contributed by atoms with Crippen molar-refractivity contribution in [2.45, 2.75) is 19.0 Å². The van der Waals surface area contributed by atoms with E-state index in [1.165, 1.54) is 0 Å². The van der Waals surface area contributed by atoms with Gasteiger partial charge in [-0.05, 0) is 12.1 Å². The van der Waals surface area contributed by atoms with Crippen LogP contribution in [0.2, 0.25) is 0 Å². The zero-order valence-electron chi connectivity index (χ0n) is 7.50. The first-order valence-electron chi connectivity index (χ1n) is 3.87. The fraction of sp³-hybridized carbons (Fsp3) is 0.333. The molecule has 0 atom stereocenters. The fourth-order valence-electron chi connectivity index (χ4n) is 1.02. The van der Waals surface area contributed by atoms with E-state index in [-0.39, 0.29) is 6.07 Å². The molecular formula is C9H6F6. The van der Waals surface area contributed by atoms with Crippen LogP contribution in [0.25, 0.3) is 0 Å². The van der Waals surface area contributed by atoms with Gasteiger partial charge in [0.25, 0.3) is 5.92 Å². The molecule has 84 valence electrons. The van der Waals surface area contributed by atoms with Gasteiger partial charge in [-0.25, -0.2) is 13.2 Å². The molecule has 0 aliphatic heterocycles. The van der Waals surface area contributed by atoms with E-state index in [0.717, 1.165) is 0 Å². The van der Waals surface area contributed by atoms with Crippen LogP contribution in [-0.2, 0) is 12.1 Å². The summed E-state index contributed by atoms with van der Waals surface area (Å²) in [7, 11) is 0. The zero-order valence-corrected chi connectivity index (χ0v) is 7.50. The van der Waals surface area contributed by atoms with Crippen LogP contribution in [0.3, 0.4) is 0 Å². The Morgan fingerprint density at radius 1 is 1.00 bits per heavy atom. The quantitative estimate of drug-likeness (QED) is 0.638. The lowest BCUT2D eigenvalue weighted by molar-refractivity contribution is -0.140. The molecular weight excluding hydrogens is 222 g/mol. The fourth-order valence-corrected chi connectivity index (χ4v) is 1.02. The summed E-state index contributed by atoms with van der Waals surface area (Å²) >= 11 is 0. The van der Waals surface area contributed by atoms with Gasteiger partial charge in [0.2, 0.25) is 0 Å². The lowest BCUT2D eigenvalue weighted by Crippen LogP contribution is -2.13. The summed E-state index contributed by atoms with van der Waals surface area (Å²) < 4.78 is 74.4. The number of hydrogen-bond acceptors (Lipinski definition) is 0. The summed E-state index contributed by atoms with van der Waals surface area (Å²) in [6.45, 7) is 0.445. The van der Waals surface area contributed by atoms with Crippen molar-refractivity contribution in [3.63, 3.8) is 0 Å². The third kappa shape index (κ3) is 2.64.